The summed E-state index contributed by atoms with van der Waals surface area (Å²) >= 11 is 0. The van der Waals surface area contributed by atoms with Crippen molar-refractivity contribution in [3.05, 3.63) is 47.7 Å². The number of fused-ring (bicyclic) bond motifs is 1. The van der Waals surface area contributed by atoms with Gasteiger partial charge in [0.1, 0.15) is 0 Å². The molecule has 6 nitrogen and oxygen atoms in total. The van der Waals surface area contributed by atoms with Gasteiger partial charge in [-0.2, -0.15) is 0 Å². The second-order valence-corrected chi connectivity index (χ2v) is 5.62. The van der Waals surface area contributed by atoms with E-state index in [1.165, 1.54) is 21.3 Å². The monoisotopic (exact) mass is 340 g/mol. The zero-order chi connectivity index (χ0) is 18.0. The maximum absolute atomic E-state index is 12.6. The van der Waals surface area contributed by atoms with Crippen LogP contribution in [0.1, 0.15) is 16.1 Å². The number of rotatable bonds is 5. The summed E-state index contributed by atoms with van der Waals surface area (Å²) in [6.07, 6.45) is 0. The minimum atomic E-state index is -0.213. The third-order valence-electron chi connectivity index (χ3n) is 3.94. The van der Waals surface area contributed by atoms with Gasteiger partial charge in [-0.15, -0.1) is 0 Å². The quantitative estimate of drug-likeness (QED) is 0.742. The number of hydrogen-bond donors (Lipinski definition) is 2. The number of anilines is 1. The van der Waals surface area contributed by atoms with E-state index in [1.54, 1.807) is 18.2 Å². The van der Waals surface area contributed by atoms with Crippen molar-refractivity contribution in [2.24, 2.45) is 0 Å². The number of benzene rings is 2. The number of aromatic nitrogens is 1. The molecular formula is C19H20N2O4. The standard InChI is InChI=1S/C19H20N2O4/c1-11-7-13-8-12(5-6-15(13)20-11)19(22)21-14-9-16(23-2)18(25-4)17(10-14)24-3/h5-10,20H,1-4H3,(H,21,22). The number of ether oxygens (including phenoxy) is 3. The average molecular weight is 340 g/mol. The summed E-state index contributed by atoms with van der Waals surface area (Å²) in [4.78, 5) is 15.8. The molecule has 0 radical (unpaired) electrons. The van der Waals surface area contributed by atoms with Crippen molar-refractivity contribution < 1.29 is 19.0 Å². The number of amides is 1. The van der Waals surface area contributed by atoms with Crippen LogP contribution in [0.3, 0.4) is 0 Å². The van der Waals surface area contributed by atoms with Gasteiger partial charge in [-0.1, -0.05) is 0 Å². The molecule has 3 rings (SSSR count). The molecule has 25 heavy (non-hydrogen) atoms. The Balaban J connectivity index is 1.91. The molecule has 130 valence electrons. The summed E-state index contributed by atoms with van der Waals surface area (Å²) in [7, 11) is 4.60. The fourth-order valence-electron chi connectivity index (χ4n) is 2.78. The Hall–Kier alpha value is -3.15. The number of aryl methyl sites for hydroxylation is 1. The fraction of sp³-hybridized carbons (Fsp3) is 0.211. The molecule has 0 fully saturated rings. The molecule has 0 bridgehead atoms. The number of H-pyrrole nitrogens is 1. The maximum atomic E-state index is 12.6. The lowest BCUT2D eigenvalue weighted by Crippen LogP contribution is -2.12. The highest BCUT2D eigenvalue weighted by atomic mass is 16.5. The summed E-state index contributed by atoms with van der Waals surface area (Å²) in [6.45, 7) is 1.98. The summed E-state index contributed by atoms with van der Waals surface area (Å²) < 4.78 is 15.9. The number of nitrogens with one attached hydrogen (secondary N) is 2. The minimum absolute atomic E-state index is 0.213. The van der Waals surface area contributed by atoms with Crippen LogP contribution in [0.15, 0.2) is 36.4 Å². The largest absolute Gasteiger partial charge is 0.493 e. The first-order chi connectivity index (χ1) is 12.0. The van der Waals surface area contributed by atoms with E-state index < -0.39 is 0 Å². The Morgan fingerprint density at radius 1 is 0.960 bits per heavy atom. The van der Waals surface area contributed by atoms with E-state index in [-0.39, 0.29) is 5.91 Å². The summed E-state index contributed by atoms with van der Waals surface area (Å²) in [5.74, 6) is 1.23. The second-order valence-electron chi connectivity index (χ2n) is 5.62. The Bertz CT molecular complexity index is 905. The van der Waals surface area contributed by atoms with Crippen LogP contribution in [0.4, 0.5) is 5.69 Å². The molecule has 0 atom stereocenters. The van der Waals surface area contributed by atoms with Crippen molar-refractivity contribution in [2.45, 2.75) is 6.92 Å². The van der Waals surface area contributed by atoms with Crippen LogP contribution in [0.5, 0.6) is 17.2 Å². The summed E-state index contributed by atoms with van der Waals surface area (Å²) in [5.41, 5.74) is 3.18. The number of aromatic amines is 1. The predicted octanol–water partition coefficient (Wildman–Crippen LogP) is 3.75. The zero-order valence-electron chi connectivity index (χ0n) is 14.6. The van der Waals surface area contributed by atoms with Gasteiger partial charge in [-0.25, -0.2) is 0 Å². The molecule has 0 saturated heterocycles. The number of hydrogen-bond acceptors (Lipinski definition) is 4. The van der Waals surface area contributed by atoms with Crippen LogP contribution >= 0.6 is 0 Å². The smallest absolute Gasteiger partial charge is 0.255 e. The molecule has 1 heterocycles. The second kappa shape index (κ2) is 6.76. The Morgan fingerprint density at radius 3 is 2.24 bits per heavy atom. The molecule has 0 saturated carbocycles. The van der Waals surface area contributed by atoms with Crippen molar-refractivity contribution in [2.75, 3.05) is 26.6 Å². The highest BCUT2D eigenvalue weighted by Crippen LogP contribution is 2.40. The van der Waals surface area contributed by atoms with Gasteiger partial charge in [0, 0.05) is 40.0 Å². The van der Waals surface area contributed by atoms with E-state index in [9.17, 15) is 4.79 Å². The van der Waals surface area contributed by atoms with Crippen LogP contribution in [0, 0.1) is 6.92 Å². The molecule has 6 heteroatoms. The van der Waals surface area contributed by atoms with Crippen molar-refractivity contribution in [1.29, 1.82) is 0 Å². The predicted molar refractivity (Wildman–Crippen MR) is 97.1 cm³/mol. The normalized spacial score (nSPS) is 10.6. The van der Waals surface area contributed by atoms with E-state index in [0.29, 0.717) is 28.5 Å². The molecule has 2 N–H and O–H groups in total. The van der Waals surface area contributed by atoms with Gasteiger partial charge >= 0.3 is 0 Å². The highest BCUT2D eigenvalue weighted by molar-refractivity contribution is 6.06. The van der Waals surface area contributed by atoms with E-state index in [2.05, 4.69) is 10.3 Å². The van der Waals surface area contributed by atoms with Crippen molar-refractivity contribution in [1.82, 2.24) is 4.98 Å². The van der Waals surface area contributed by atoms with Gasteiger partial charge in [-0.05, 0) is 31.2 Å². The van der Waals surface area contributed by atoms with Gasteiger partial charge in [0.15, 0.2) is 11.5 Å². The van der Waals surface area contributed by atoms with Crippen molar-refractivity contribution in [3.8, 4) is 17.2 Å². The Labute approximate surface area is 145 Å². The van der Waals surface area contributed by atoms with Crippen LogP contribution in [0.2, 0.25) is 0 Å². The van der Waals surface area contributed by atoms with Gasteiger partial charge < -0.3 is 24.5 Å². The van der Waals surface area contributed by atoms with Crippen LogP contribution in [-0.2, 0) is 0 Å². The van der Waals surface area contributed by atoms with Gasteiger partial charge in [0.25, 0.3) is 5.91 Å². The van der Waals surface area contributed by atoms with E-state index in [1.807, 2.05) is 25.1 Å². The number of methoxy groups -OCH3 is 3. The topological polar surface area (TPSA) is 72.6 Å². The molecule has 3 aromatic rings. The lowest BCUT2D eigenvalue weighted by molar-refractivity contribution is 0.102. The highest BCUT2D eigenvalue weighted by Gasteiger charge is 2.15. The van der Waals surface area contributed by atoms with Crippen molar-refractivity contribution in [3.63, 3.8) is 0 Å². The molecule has 2 aromatic carbocycles. The molecule has 0 unspecified atom stereocenters. The minimum Gasteiger partial charge on any atom is -0.493 e. The molecule has 1 aromatic heterocycles. The first kappa shape index (κ1) is 16.7. The first-order valence-corrected chi connectivity index (χ1v) is 7.76. The van der Waals surface area contributed by atoms with Gasteiger partial charge in [0.2, 0.25) is 5.75 Å². The van der Waals surface area contributed by atoms with Crippen molar-refractivity contribution >= 4 is 22.5 Å². The molecule has 0 aliphatic carbocycles. The Kier molecular flexibility index (Phi) is 4.52. The summed E-state index contributed by atoms with van der Waals surface area (Å²) in [5, 5.41) is 3.86. The third kappa shape index (κ3) is 3.24. The molecule has 0 aliphatic rings. The maximum Gasteiger partial charge on any atom is 0.255 e. The fourth-order valence-corrected chi connectivity index (χ4v) is 2.78. The van der Waals surface area contributed by atoms with Crippen LogP contribution in [0.25, 0.3) is 10.9 Å². The average Bonchev–Trinajstić information content (AvgIpc) is 2.99. The lowest BCUT2D eigenvalue weighted by Gasteiger charge is -2.14. The number of carbonyl (C=O) groups excluding carboxylic acids is 1. The first-order valence-electron chi connectivity index (χ1n) is 7.76. The lowest BCUT2D eigenvalue weighted by atomic mass is 10.1. The molecule has 1 amide bonds. The van der Waals surface area contributed by atoms with Gasteiger partial charge in [-0.3, -0.25) is 4.79 Å². The SMILES string of the molecule is COc1cc(NC(=O)c2ccc3[nH]c(C)cc3c2)cc(OC)c1OC. The van der Waals surface area contributed by atoms with Gasteiger partial charge in [0.05, 0.1) is 21.3 Å². The van der Waals surface area contributed by atoms with E-state index >= 15 is 0 Å². The zero-order valence-corrected chi connectivity index (χ0v) is 14.6. The van der Waals surface area contributed by atoms with E-state index in [4.69, 9.17) is 14.2 Å². The Morgan fingerprint density at radius 2 is 1.64 bits per heavy atom. The molecule has 0 spiro atoms. The molecule has 0 aliphatic heterocycles. The third-order valence-corrected chi connectivity index (χ3v) is 3.94. The number of carbonyl (C=O) groups is 1. The summed E-state index contributed by atoms with van der Waals surface area (Å²) in [6, 6.07) is 10.9. The van der Waals surface area contributed by atoms with Crippen LogP contribution in [-0.4, -0.2) is 32.2 Å². The van der Waals surface area contributed by atoms with Crippen LogP contribution < -0.4 is 19.5 Å². The molecular weight excluding hydrogens is 320 g/mol. The van der Waals surface area contributed by atoms with E-state index in [0.717, 1.165) is 16.6 Å².